The lowest BCUT2D eigenvalue weighted by Gasteiger charge is -2.12. The molecule has 2 N–H and O–H groups in total. The van der Waals surface area contributed by atoms with E-state index in [2.05, 4.69) is 4.65 Å². The quantitative estimate of drug-likeness (QED) is 0.512. The number of rotatable bonds is 3. The number of alkyl halides is 6. The van der Waals surface area contributed by atoms with Gasteiger partial charge in [0, 0.05) is 0 Å². The molecule has 0 atom stereocenters. The van der Waals surface area contributed by atoms with Gasteiger partial charge in [-0.3, -0.25) is 0 Å². The van der Waals surface area contributed by atoms with Gasteiger partial charge in [0.1, 0.15) is 0 Å². The van der Waals surface area contributed by atoms with Gasteiger partial charge < -0.3 is 14.7 Å². The Hall–Kier alpha value is -1.68. The van der Waals surface area contributed by atoms with Crippen molar-refractivity contribution in [2.75, 3.05) is 0 Å². The summed E-state index contributed by atoms with van der Waals surface area (Å²) in [5.74, 6) is 0. The summed E-state index contributed by atoms with van der Waals surface area (Å²) in [5, 5.41) is 16.6. The van der Waals surface area contributed by atoms with Crippen molar-refractivity contribution >= 4 is 13.4 Å². The van der Waals surface area contributed by atoms with Crippen molar-refractivity contribution in [1.29, 1.82) is 0 Å². The normalized spacial score (nSPS) is 12.8. The van der Waals surface area contributed by atoms with Crippen LogP contribution in [0, 0.1) is 0 Å². The zero-order valence-corrected chi connectivity index (χ0v) is 9.53. The monoisotopic (exact) mass is 300 g/mol. The van der Waals surface area contributed by atoms with Crippen LogP contribution in [0.5, 0.6) is 0 Å². The predicted octanol–water partition coefficient (Wildman–Crippen LogP) is 2.68. The molecule has 110 valence electrons. The van der Waals surface area contributed by atoms with Gasteiger partial charge >= 0.3 is 19.7 Å². The number of benzene rings is 1. The van der Waals surface area contributed by atoms with E-state index in [1.54, 1.807) is 0 Å². The van der Waals surface area contributed by atoms with Crippen LogP contribution in [0.4, 0.5) is 26.3 Å². The minimum absolute atomic E-state index is 0.0148. The first kappa shape index (κ1) is 16.4. The van der Waals surface area contributed by atoms with Crippen molar-refractivity contribution in [2.24, 2.45) is 0 Å². The van der Waals surface area contributed by atoms with Crippen LogP contribution >= 0.6 is 0 Å². The van der Waals surface area contributed by atoms with E-state index < -0.39 is 36.4 Å². The average molecular weight is 300 g/mol. The summed E-state index contributed by atoms with van der Waals surface area (Å²) >= 11 is 0. The molecule has 0 bridgehead atoms. The fourth-order valence-corrected chi connectivity index (χ4v) is 1.26. The highest BCUT2D eigenvalue weighted by molar-refractivity contribution is 6.32. The molecule has 0 amide bonds. The van der Waals surface area contributed by atoms with Gasteiger partial charge in [-0.2, -0.15) is 26.3 Å². The third kappa shape index (κ3) is 4.78. The molecule has 0 unspecified atom stereocenters. The summed E-state index contributed by atoms with van der Waals surface area (Å²) < 4.78 is 79.0. The lowest BCUT2D eigenvalue weighted by molar-refractivity contribution is -0.143. The summed E-state index contributed by atoms with van der Waals surface area (Å²) in [5.41, 5.74) is -3.40. The minimum atomic E-state index is -4.94. The van der Waals surface area contributed by atoms with Crippen LogP contribution in [0.15, 0.2) is 24.5 Å². The Labute approximate surface area is 109 Å². The van der Waals surface area contributed by atoms with Gasteiger partial charge in [0.15, 0.2) is 0 Å². The van der Waals surface area contributed by atoms with E-state index in [9.17, 15) is 26.3 Å². The van der Waals surface area contributed by atoms with Gasteiger partial charge in [-0.25, -0.2) is 0 Å². The molecule has 0 saturated carbocycles. The molecule has 0 aromatic heterocycles. The third-order valence-electron chi connectivity index (χ3n) is 2.07. The molecule has 1 rings (SSSR count). The molecule has 0 spiro atoms. The van der Waals surface area contributed by atoms with Gasteiger partial charge in [0.05, 0.1) is 17.4 Å². The molecule has 1 aromatic carbocycles. The Morgan fingerprint density at radius 3 is 1.70 bits per heavy atom. The van der Waals surface area contributed by atoms with Crippen molar-refractivity contribution in [2.45, 2.75) is 12.4 Å². The first-order valence-corrected chi connectivity index (χ1v) is 4.98. The second-order valence-corrected chi connectivity index (χ2v) is 3.60. The molecule has 0 fully saturated rings. The molecule has 3 nitrogen and oxygen atoms in total. The topological polar surface area (TPSA) is 49.7 Å². The molecule has 1 aromatic rings. The van der Waals surface area contributed by atoms with E-state index >= 15 is 0 Å². The first-order valence-electron chi connectivity index (χ1n) is 4.98. The van der Waals surface area contributed by atoms with Crippen molar-refractivity contribution in [1.82, 2.24) is 0 Å². The zero-order valence-electron chi connectivity index (χ0n) is 9.53. The second kappa shape index (κ2) is 5.75. The van der Waals surface area contributed by atoms with E-state index in [4.69, 9.17) is 10.0 Å². The highest BCUT2D eigenvalue weighted by Gasteiger charge is 2.36. The third-order valence-corrected chi connectivity index (χ3v) is 2.07. The lowest BCUT2D eigenvalue weighted by Crippen LogP contribution is -2.12. The Morgan fingerprint density at radius 2 is 1.35 bits per heavy atom. The maximum absolute atomic E-state index is 12.5. The Morgan fingerprint density at radius 1 is 0.900 bits per heavy atom. The molecule has 0 aliphatic rings. The van der Waals surface area contributed by atoms with Crippen LogP contribution in [0.25, 0.3) is 6.08 Å². The fourth-order valence-electron chi connectivity index (χ4n) is 1.26. The summed E-state index contributed by atoms with van der Waals surface area (Å²) in [6.45, 7) is 0. The Bertz CT molecular complexity index is 462. The Balaban J connectivity index is 3.21. The Kier molecular flexibility index (Phi) is 4.71. The van der Waals surface area contributed by atoms with Crippen LogP contribution in [0.2, 0.25) is 0 Å². The van der Waals surface area contributed by atoms with Crippen LogP contribution in [0.3, 0.4) is 0 Å². The number of halogens is 6. The molecule has 0 saturated heterocycles. The summed E-state index contributed by atoms with van der Waals surface area (Å²) in [6, 6.07) is 0.927. The van der Waals surface area contributed by atoms with Crippen LogP contribution < -0.4 is 0 Å². The van der Waals surface area contributed by atoms with E-state index in [-0.39, 0.29) is 6.07 Å². The van der Waals surface area contributed by atoms with Gasteiger partial charge in [-0.05, 0) is 29.8 Å². The van der Waals surface area contributed by atoms with Crippen molar-refractivity contribution < 1.29 is 41.0 Å². The molecule has 0 heterocycles. The molecule has 20 heavy (non-hydrogen) atoms. The summed E-state index contributed by atoms with van der Waals surface area (Å²) in [4.78, 5) is 0. The van der Waals surface area contributed by atoms with Crippen LogP contribution in [-0.4, -0.2) is 17.4 Å². The van der Waals surface area contributed by atoms with Gasteiger partial charge in [-0.1, -0.05) is 0 Å². The SMILES string of the molecule is OB(O)O/C=C/c1cc(C(F)(F)F)cc(C(F)(F)F)c1. The fraction of sp³-hybridized carbons (Fsp3) is 0.200. The molecule has 0 radical (unpaired) electrons. The van der Waals surface area contributed by atoms with Crippen molar-refractivity contribution in [3.63, 3.8) is 0 Å². The van der Waals surface area contributed by atoms with Gasteiger partial charge in [-0.15, -0.1) is 0 Å². The zero-order chi connectivity index (χ0) is 15.6. The molecular weight excluding hydrogens is 293 g/mol. The molecule has 10 heteroatoms. The number of hydrogen-bond donors (Lipinski definition) is 2. The van der Waals surface area contributed by atoms with Gasteiger partial charge in [0.2, 0.25) is 0 Å². The van der Waals surface area contributed by atoms with Crippen molar-refractivity contribution in [3.05, 3.63) is 41.2 Å². The van der Waals surface area contributed by atoms with Gasteiger partial charge in [0.25, 0.3) is 0 Å². The summed E-state index contributed by atoms with van der Waals surface area (Å²) in [6.07, 6.45) is -8.58. The second-order valence-electron chi connectivity index (χ2n) is 3.60. The van der Waals surface area contributed by atoms with Crippen LogP contribution in [-0.2, 0) is 17.0 Å². The summed E-state index contributed by atoms with van der Waals surface area (Å²) in [7, 11) is -2.22. The maximum Gasteiger partial charge on any atom is 0.707 e. The van der Waals surface area contributed by atoms with Crippen molar-refractivity contribution in [3.8, 4) is 0 Å². The minimum Gasteiger partial charge on any atom is -0.518 e. The van der Waals surface area contributed by atoms with E-state index in [1.165, 1.54) is 0 Å². The van der Waals surface area contributed by atoms with E-state index in [0.717, 1.165) is 6.08 Å². The lowest BCUT2D eigenvalue weighted by atomic mass is 10.0. The first-order chi connectivity index (χ1) is 9.00. The largest absolute Gasteiger partial charge is 0.707 e. The van der Waals surface area contributed by atoms with Crippen LogP contribution in [0.1, 0.15) is 16.7 Å². The molecule has 0 aliphatic heterocycles. The molecule has 0 aliphatic carbocycles. The maximum atomic E-state index is 12.5. The average Bonchev–Trinajstić information content (AvgIpc) is 2.25. The van der Waals surface area contributed by atoms with E-state index in [0.29, 0.717) is 18.4 Å². The molecular formula is C10H7BF6O3. The smallest absolute Gasteiger partial charge is 0.518 e. The number of hydrogen-bond acceptors (Lipinski definition) is 3. The highest BCUT2D eigenvalue weighted by atomic mass is 19.4. The standard InChI is InChI=1S/C10H7BF6O3/c12-9(13,14)7-3-6(1-2-20-11(18)19)4-8(5-7)10(15,16)17/h1-5,18-19H/b2-1+. The predicted molar refractivity (Wildman–Crippen MR) is 56.8 cm³/mol. The highest BCUT2D eigenvalue weighted by Crippen LogP contribution is 2.36. The van der Waals surface area contributed by atoms with E-state index in [1.807, 2.05) is 0 Å².